The van der Waals surface area contributed by atoms with Gasteiger partial charge in [0.25, 0.3) is 11.8 Å². The first-order valence-electron chi connectivity index (χ1n) is 7.17. The zero-order valence-electron chi connectivity index (χ0n) is 12.9. The van der Waals surface area contributed by atoms with Crippen molar-refractivity contribution >= 4 is 46.4 Å². The number of halogens is 2. The Kier molecular flexibility index (Phi) is 4.87. The number of amides is 2. The summed E-state index contributed by atoms with van der Waals surface area (Å²) in [5.41, 5.74) is 0.985. The average molecular weight is 376 g/mol. The molecular formula is C16H11Cl2N5O2. The Morgan fingerprint density at radius 1 is 1.20 bits per heavy atom. The zero-order chi connectivity index (χ0) is 18.0. The fourth-order valence-corrected chi connectivity index (χ4v) is 2.47. The molecule has 9 heteroatoms. The van der Waals surface area contributed by atoms with Crippen LogP contribution in [0.4, 0.5) is 5.69 Å². The maximum Gasteiger partial charge on any atom is 0.282 e. The molecule has 0 saturated heterocycles. The number of pyridine rings is 1. The van der Waals surface area contributed by atoms with E-state index >= 15 is 0 Å². The SMILES string of the molecule is CC1=NN(C(=O)c2ccncc2)C(=O)C1N=Nc1cccc(Cl)c1Cl. The number of carbonyl (C=O) groups is 2. The van der Waals surface area contributed by atoms with E-state index in [1.807, 2.05) is 0 Å². The third-order valence-corrected chi connectivity index (χ3v) is 4.24. The molecule has 7 nitrogen and oxygen atoms in total. The van der Waals surface area contributed by atoms with E-state index in [2.05, 4.69) is 20.3 Å². The third kappa shape index (κ3) is 3.42. The van der Waals surface area contributed by atoms with Gasteiger partial charge < -0.3 is 0 Å². The van der Waals surface area contributed by atoms with E-state index < -0.39 is 17.9 Å². The van der Waals surface area contributed by atoms with Gasteiger partial charge in [-0.2, -0.15) is 20.3 Å². The minimum atomic E-state index is -0.985. The molecule has 3 rings (SSSR count). The highest BCUT2D eigenvalue weighted by Crippen LogP contribution is 2.32. The van der Waals surface area contributed by atoms with Gasteiger partial charge in [0.15, 0.2) is 6.04 Å². The summed E-state index contributed by atoms with van der Waals surface area (Å²) in [6.07, 6.45) is 2.92. The highest BCUT2D eigenvalue weighted by atomic mass is 35.5. The van der Waals surface area contributed by atoms with Crippen LogP contribution in [0.15, 0.2) is 58.1 Å². The van der Waals surface area contributed by atoms with E-state index in [0.717, 1.165) is 5.01 Å². The molecular weight excluding hydrogens is 365 g/mol. The summed E-state index contributed by atoms with van der Waals surface area (Å²) in [5.74, 6) is -1.13. The van der Waals surface area contributed by atoms with Crippen LogP contribution >= 0.6 is 23.2 Å². The molecule has 1 aromatic heterocycles. The van der Waals surface area contributed by atoms with Crippen molar-refractivity contribution < 1.29 is 9.59 Å². The molecule has 126 valence electrons. The quantitative estimate of drug-likeness (QED) is 0.601. The van der Waals surface area contributed by atoms with Gasteiger partial charge in [-0.3, -0.25) is 14.6 Å². The monoisotopic (exact) mass is 375 g/mol. The molecule has 1 aromatic carbocycles. The fraction of sp³-hybridized carbons (Fsp3) is 0.125. The summed E-state index contributed by atoms with van der Waals surface area (Å²) in [7, 11) is 0. The molecule has 1 aliphatic heterocycles. The molecule has 1 aliphatic rings. The summed E-state index contributed by atoms with van der Waals surface area (Å²) in [4.78, 5) is 28.7. The number of hydrogen-bond donors (Lipinski definition) is 0. The van der Waals surface area contributed by atoms with Crippen molar-refractivity contribution in [3.05, 3.63) is 58.3 Å². The number of benzene rings is 1. The second-order valence-corrected chi connectivity index (χ2v) is 5.91. The summed E-state index contributed by atoms with van der Waals surface area (Å²) in [5, 5.41) is 13.3. The molecule has 25 heavy (non-hydrogen) atoms. The van der Waals surface area contributed by atoms with Crippen molar-refractivity contribution in [1.82, 2.24) is 9.99 Å². The second kappa shape index (κ2) is 7.08. The number of hydrogen-bond acceptors (Lipinski definition) is 6. The molecule has 1 atom stereocenters. The Hall–Kier alpha value is -2.64. The van der Waals surface area contributed by atoms with Crippen LogP contribution < -0.4 is 0 Å². The minimum Gasteiger partial charge on any atom is -0.269 e. The third-order valence-electron chi connectivity index (χ3n) is 3.43. The lowest BCUT2D eigenvalue weighted by atomic mass is 10.2. The Morgan fingerprint density at radius 2 is 1.92 bits per heavy atom. The van der Waals surface area contributed by atoms with Gasteiger partial charge in [0.1, 0.15) is 5.69 Å². The van der Waals surface area contributed by atoms with Gasteiger partial charge in [0, 0.05) is 18.0 Å². The lowest BCUT2D eigenvalue weighted by Crippen LogP contribution is -2.34. The number of imide groups is 1. The van der Waals surface area contributed by atoms with E-state index in [4.69, 9.17) is 23.2 Å². The van der Waals surface area contributed by atoms with Gasteiger partial charge in [-0.1, -0.05) is 29.3 Å². The second-order valence-electron chi connectivity index (χ2n) is 5.12. The normalized spacial score (nSPS) is 17.2. The predicted molar refractivity (Wildman–Crippen MR) is 93.3 cm³/mol. The Bertz CT molecular complexity index is 899. The molecule has 0 radical (unpaired) electrons. The first kappa shape index (κ1) is 17.2. The maximum atomic E-state index is 12.5. The van der Waals surface area contributed by atoms with Crippen LogP contribution in [0.5, 0.6) is 0 Å². The number of nitrogens with zero attached hydrogens (tertiary/aromatic N) is 5. The van der Waals surface area contributed by atoms with Crippen molar-refractivity contribution in [1.29, 1.82) is 0 Å². The smallest absolute Gasteiger partial charge is 0.269 e. The van der Waals surface area contributed by atoms with E-state index in [-0.39, 0.29) is 5.02 Å². The Balaban J connectivity index is 1.82. The van der Waals surface area contributed by atoms with E-state index in [1.165, 1.54) is 24.5 Å². The summed E-state index contributed by atoms with van der Waals surface area (Å²) in [6, 6.07) is 6.91. The van der Waals surface area contributed by atoms with Gasteiger partial charge in [0.05, 0.1) is 15.8 Å². The molecule has 0 saturated carbocycles. The molecule has 0 spiro atoms. The minimum absolute atomic E-state index is 0.234. The Labute approximate surface area is 153 Å². The van der Waals surface area contributed by atoms with Crippen LogP contribution in [0.25, 0.3) is 0 Å². The van der Waals surface area contributed by atoms with Crippen LogP contribution in [-0.4, -0.2) is 33.6 Å². The summed E-state index contributed by atoms with van der Waals surface area (Å²) in [6.45, 7) is 1.60. The first-order valence-corrected chi connectivity index (χ1v) is 7.93. The van der Waals surface area contributed by atoms with E-state index in [0.29, 0.717) is 22.0 Å². The van der Waals surface area contributed by atoms with Gasteiger partial charge >= 0.3 is 0 Å². The van der Waals surface area contributed by atoms with Crippen molar-refractivity contribution in [2.24, 2.45) is 15.3 Å². The number of aromatic nitrogens is 1. The first-order chi connectivity index (χ1) is 12.0. The molecule has 2 heterocycles. The van der Waals surface area contributed by atoms with Crippen molar-refractivity contribution in [2.75, 3.05) is 0 Å². The molecule has 1 unspecified atom stereocenters. The standard InChI is InChI=1S/C16H11Cl2N5O2/c1-9-14(21-20-12-4-2-3-11(17)13(12)18)16(25)23(22-9)15(24)10-5-7-19-8-6-10/h2-8,14H,1H3. The van der Waals surface area contributed by atoms with Crippen LogP contribution in [0.3, 0.4) is 0 Å². The average Bonchev–Trinajstić information content (AvgIpc) is 2.90. The maximum absolute atomic E-state index is 12.5. The molecule has 2 aromatic rings. The predicted octanol–water partition coefficient (Wildman–Crippen LogP) is 3.90. The summed E-state index contributed by atoms with van der Waals surface area (Å²) < 4.78 is 0. The van der Waals surface area contributed by atoms with Crippen LogP contribution in [-0.2, 0) is 4.79 Å². The highest BCUT2D eigenvalue weighted by Gasteiger charge is 2.38. The van der Waals surface area contributed by atoms with Gasteiger partial charge in [-0.05, 0) is 31.2 Å². The zero-order valence-corrected chi connectivity index (χ0v) is 14.4. The number of rotatable bonds is 3. The number of azo groups is 1. The van der Waals surface area contributed by atoms with Crippen LogP contribution in [0.1, 0.15) is 17.3 Å². The topological polar surface area (TPSA) is 87.4 Å². The Morgan fingerprint density at radius 3 is 2.64 bits per heavy atom. The van der Waals surface area contributed by atoms with Gasteiger partial charge in [0.2, 0.25) is 0 Å². The van der Waals surface area contributed by atoms with Gasteiger partial charge in [-0.15, -0.1) is 0 Å². The summed E-state index contributed by atoms with van der Waals surface area (Å²) >= 11 is 12.0. The largest absolute Gasteiger partial charge is 0.282 e. The van der Waals surface area contributed by atoms with Crippen molar-refractivity contribution in [3.8, 4) is 0 Å². The highest BCUT2D eigenvalue weighted by molar-refractivity contribution is 6.43. The van der Waals surface area contributed by atoms with Crippen molar-refractivity contribution in [3.63, 3.8) is 0 Å². The number of hydrazone groups is 1. The van der Waals surface area contributed by atoms with Crippen LogP contribution in [0, 0.1) is 0 Å². The van der Waals surface area contributed by atoms with Gasteiger partial charge in [-0.25, -0.2) is 0 Å². The lowest BCUT2D eigenvalue weighted by molar-refractivity contribution is -0.127. The lowest BCUT2D eigenvalue weighted by Gasteiger charge is -2.10. The van der Waals surface area contributed by atoms with E-state index in [1.54, 1.807) is 25.1 Å². The molecule has 0 fully saturated rings. The fourth-order valence-electron chi connectivity index (χ4n) is 2.14. The molecule has 0 bridgehead atoms. The van der Waals surface area contributed by atoms with Crippen LogP contribution in [0.2, 0.25) is 10.0 Å². The molecule has 2 amide bonds. The molecule has 0 aliphatic carbocycles. The van der Waals surface area contributed by atoms with E-state index in [9.17, 15) is 9.59 Å². The van der Waals surface area contributed by atoms with Crippen molar-refractivity contribution in [2.45, 2.75) is 13.0 Å². The number of carbonyl (C=O) groups excluding carboxylic acids is 2. The molecule has 0 N–H and O–H groups in total.